The average molecular weight is 371 g/mol. The molecule has 26 heavy (non-hydrogen) atoms. The molecular formula is C18H19ClN6O. The smallest absolute Gasteiger partial charge is 0.287 e. The van der Waals surface area contributed by atoms with E-state index in [1.165, 1.54) is 4.68 Å². The van der Waals surface area contributed by atoms with Crippen LogP contribution in [0.3, 0.4) is 0 Å². The molecule has 134 valence electrons. The number of piperidine rings is 1. The molecule has 0 spiro atoms. The highest BCUT2D eigenvalue weighted by Crippen LogP contribution is 2.28. The van der Waals surface area contributed by atoms with Gasteiger partial charge in [-0.1, -0.05) is 41.9 Å². The number of rotatable bonds is 4. The molecular weight excluding hydrogens is 352 g/mol. The molecule has 0 saturated carbocycles. The van der Waals surface area contributed by atoms with Crippen molar-refractivity contribution in [2.24, 2.45) is 0 Å². The van der Waals surface area contributed by atoms with Crippen molar-refractivity contribution in [3.8, 4) is 0 Å². The van der Waals surface area contributed by atoms with Gasteiger partial charge in [0.25, 0.3) is 5.56 Å². The van der Waals surface area contributed by atoms with Crippen molar-refractivity contribution >= 4 is 17.3 Å². The Hall–Kier alpha value is -2.67. The van der Waals surface area contributed by atoms with Gasteiger partial charge in [0.15, 0.2) is 0 Å². The van der Waals surface area contributed by atoms with Gasteiger partial charge in [-0.05, 0) is 18.4 Å². The van der Waals surface area contributed by atoms with Gasteiger partial charge >= 0.3 is 0 Å². The van der Waals surface area contributed by atoms with E-state index in [1.54, 1.807) is 18.9 Å². The monoisotopic (exact) mass is 370 g/mol. The van der Waals surface area contributed by atoms with Gasteiger partial charge in [0, 0.05) is 13.1 Å². The maximum absolute atomic E-state index is 12.6. The Morgan fingerprint density at radius 2 is 1.88 bits per heavy atom. The summed E-state index contributed by atoms with van der Waals surface area (Å²) >= 11 is 6.39. The first-order valence-corrected chi connectivity index (χ1v) is 8.99. The van der Waals surface area contributed by atoms with Crippen LogP contribution in [0.2, 0.25) is 5.02 Å². The third-order valence-corrected chi connectivity index (χ3v) is 5.11. The number of halogens is 1. The largest absolute Gasteiger partial charge is 0.369 e. The van der Waals surface area contributed by atoms with Crippen LogP contribution >= 0.6 is 11.6 Å². The van der Waals surface area contributed by atoms with Crippen molar-refractivity contribution in [3.05, 3.63) is 70.1 Å². The minimum absolute atomic E-state index is 0.232. The van der Waals surface area contributed by atoms with Crippen LogP contribution in [0.15, 0.2) is 54.0 Å². The molecule has 1 saturated heterocycles. The molecule has 1 fully saturated rings. The van der Waals surface area contributed by atoms with E-state index in [0.29, 0.717) is 18.3 Å². The lowest BCUT2D eigenvalue weighted by molar-refractivity contribution is 0.366. The SMILES string of the molecule is O=c1c(Cl)c(N2CCC(n3cncn3)CC2)cnn1Cc1ccccc1. The Morgan fingerprint density at radius 1 is 1.12 bits per heavy atom. The molecule has 0 unspecified atom stereocenters. The fourth-order valence-electron chi connectivity index (χ4n) is 3.32. The molecule has 8 heteroatoms. The van der Waals surface area contributed by atoms with Crippen LogP contribution in [0.25, 0.3) is 0 Å². The minimum atomic E-state index is -0.258. The quantitative estimate of drug-likeness (QED) is 0.705. The lowest BCUT2D eigenvalue weighted by Gasteiger charge is -2.33. The summed E-state index contributed by atoms with van der Waals surface area (Å²) in [6.45, 7) is 2.01. The highest BCUT2D eigenvalue weighted by atomic mass is 35.5. The van der Waals surface area contributed by atoms with Crippen molar-refractivity contribution in [2.75, 3.05) is 18.0 Å². The normalized spacial score (nSPS) is 15.3. The fourth-order valence-corrected chi connectivity index (χ4v) is 3.59. The predicted octanol–water partition coefficient (Wildman–Crippen LogP) is 2.38. The third kappa shape index (κ3) is 3.35. The van der Waals surface area contributed by atoms with E-state index in [4.69, 9.17) is 11.6 Å². The molecule has 0 aliphatic carbocycles. The van der Waals surface area contributed by atoms with Gasteiger partial charge in [-0.2, -0.15) is 10.2 Å². The van der Waals surface area contributed by atoms with Crippen molar-refractivity contribution in [2.45, 2.75) is 25.4 Å². The lowest BCUT2D eigenvalue weighted by Crippen LogP contribution is -2.36. The highest BCUT2D eigenvalue weighted by Gasteiger charge is 2.24. The number of hydrogen-bond donors (Lipinski definition) is 0. The van der Waals surface area contributed by atoms with Gasteiger partial charge in [-0.25, -0.2) is 14.3 Å². The Balaban J connectivity index is 1.50. The van der Waals surface area contributed by atoms with Gasteiger partial charge < -0.3 is 4.90 Å². The van der Waals surface area contributed by atoms with E-state index >= 15 is 0 Å². The second-order valence-corrected chi connectivity index (χ2v) is 6.76. The van der Waals surface area contributed by atoms with Crippen molar-refractivity contribution in [1.29, 1.82) is 0 Å². The summed E-state index contributed by atoms with van der Waals surface area (Å²) in [5.41, 5.74) is 1.46. The van der Waals surface area contributed by atoms with Gasteiger partial charge in [-0.3, -0.25) is 4.79 Å². The molecule has 0 atom stereocenters. The summed E-state index contributed by atoms with van der Waals surface area (Å²) < 4.78 is 3.30. The van der Waals surface area contributed by atoms with Crippen LogP contribution in [0, 0.1) is 0 Å². The summed E-state index contributed by atoms with van der Waals surface area (Å²) in [4.78, 5) is 18.7. The second kappa shape index (κ2) is 7.29. The Kier molecular flexibility index (Phi) is 4.71. The molecule has 0 bridgehead atoms. The van der Waals surface area contributed by atoms with Crippen LogP contribution in [-0.4, -0.2) is 37.6 Å². The van der Waals surface area contributed by atoms with E-state index in [2.05, 4.69) is 20.1 Å². The summed E-state index contributed by atoms with van der Waals surface area (Å²) in [5.74, 6) is 0. The van der Waals surface area contributed by atoms with Crippen LogP contribution in [-0.2, 0) is 6.54 Å². The zero-order valence-corrected chi connectivity index (χ0v) is 15.0. The van der Waals surface area contributed by atoms with E-state index in [9.17, 15) is 4.79 Å². The summed E-state index contributed by atoms with van der Waals surface area (Å²) in [6.07, 6.45) is 6.85. The first-order valence-electron chi connectivity index (χ1n) is 8.61. The molecule has 7 nitrogen and oxygen atoms in total. The van der Waals surface area contributed by atoms with Crippen molar-refractivity contribution in [1.82, 2.24) is 24.5 Å². The molecule has 0 radical (unpaired) electrons. The van der Waals surface area contributed by atoms with E-state index in [0.717, 1.165) is 31.5 Å². The van der Waals surface area contributed by atoms with Crippen molar-refractivity contribution in [3.63, 3.8) is 0 Å². The topological polar surface area (TPSA) is 68.8 Å². The van der Waals surface area contributed by atoms with Crippen molar-refractivity contribution < 1.29 is 0 Å². The van der Waals surface area contributed by atoms with Crippen LogP contribution in [0.4, 0.5) is 5.69 Å². The maximum Gasteiger partial charge on any atom is 0.287 e. The molecule has 3 heterocycles. The van der Waals surface area contributed by atoms with Gasteiger partial charge in [0.1, 0.15) is 17.7 Å². The van der Waals surface area contributed by atoms with E-state index in [1.807, 2.05) is 35.0 Å². The summed E-state index contributed by atoms with van der Waals surface area (Å²) in [6, 6.07) is 10.1. The molecule has 3 aromatic rings. The highest BCUT2D eigenvalue weighted by molar-refractivity contribution is 6.33. The van der Waals surface area contributed by atoms with Crippen LogP contribution < -0.4 is 10.5 Å². The molecule has 1 aliphatic rings. The molecule has 4 rings (SSSR count). The number of hydrogen-bond acceptors (Lipinski definition) is 5. The fraction of sp³-hybridized carbons (Fsp3) is 0.333. The van der Waals surface area contributed by atoms with Crippen LogP contribution in [0.5, 0.6) is 0 Å². The minimum Gasteiger partial charge on any atom is -0.369 e. The molecule has 1 aliphatic heterocycles. The molecule has 1 aromatic carbocycles. The third-order valence-electron chi connectivity index (χ3n) is 4.76. The number of benzene rings is 1. The van der Waals surface area contributed by atoms with Gasteiger partial charge in [0.05, 0.1) is 24.5 Å². The summed E-state index contributed by atoms with van der Waals surface area (Å²) in [5, 5.41) is 8.78. The molecule has 0 amide bonds. The van der Waals surface area contributed by atoms with E-state index in [-0.39, 0.29) is 10.6 Å². The Morgan fingerprint density at radius 3 is 2.58 bits per heavy atom. The second-order valence-electron chi connectivity index (χ2n) is 6.39. The number of nitrogens with zero attached hydrogens (tertiary/aromatic N) is 6. The standard InChI is InChI=1S/C18H19ClN6O/c19-17-16(23-8-6-15(7-9-23)25-13-20-12-22-25)10-21-24(18(17)26)11-14-4-2-1-3-5-14/h1-5,10,12-13,15H,6-9,11H2. The zero-order valence-electron chi connectivity index (χ0n) is 14.2. The maximum atomic E-state index is 12.6. The van der Waals surface area contributed by atoms with Gasteiger partial charge in [-0.15, -0.1) is 0 Å². The number of aromatic nitrogens is 5. The van der Waals surface area contributed by atoms with Gasteiger partial charge in [0.2, 0.25) is 0 Å². The average Bonchev–Trinajstić information content (AvgIpc) is 3.22. The molecule has 0 N–H and O–H groups in total. The summed E-state index contributed by atoms with van der Waals surface area (Å²) in [7, 11) is 0. The van der Waals surface area contributed by atoms with Crippen LogP contribution in [0.1, 0.15) is 24.4 Å². The first kappa shape index (κ1) is 16.8. The van der Waals surface area contributed by atoms with E-state index < -0.39 is 0 Å². The zero-order chi connectivity index (χ0) is 17.9. The number of anilines is 1. The Bertz CT molecular complexity index is 917. The lowest BCUT2D eigenvalue weighted by atomic mass is 10.1. The predicted molar refractivity (Wildman–Crippen MR) is 99.6 cm³/mol. The molecule has 2 aromatic heterocycles. The first-order chi connectivity index (χ1) is 12.7. The Labute approximate surface area is 155 Å².